The van der Waals surface area contributed by atoms with E-state index in [-0.39, 0.29) is 0 Å². The maximum atomic E-state index is 11.5. The Bertz CT molecular complexity index is 799. The number of hydrogen-bond acceptors (Lipinski definition) is 4. The molecule has 2 heterocycles. The first-order chi connectivity index (χ1) is 13.7. The van der Waals surface area contributed by atoms with Gasteiger partial charge >= 0.3 is 0 Å². The number of nitriles is 1. The minimum Gasteiger partial charge on any atom is -0.493 e. The van der Waals surface area contributed by atoms with Crippen molar-refractivity contribution in [1.82, 2.24) is 4.90 Å². The molecule has 4 heteroatoms. The highest BCUT2D eigenvalue weighted by molar-refractivity contribution is 5.32. The van der Waals surface area contributed by atoms with E-state index in [1.54, 1.807) is 0 Å². The van der Waals surface area contributed by atoms with Gasteiger partial charge in [-0.15, -0.1) is 0 Å². The monoisotopic (exact) mass is 376 g/mol. The van der Waals surface area contributed by atoms with Crippen LogP contribution in [-0.4, -0.2) is 28.7 Å². The molecule has 1 N–H and O–H groups in total. The van der Waals surface area contributed by atoms with Gasteiger partial charge in [0.05, 0.1) is 18.1 Å². The fourth-order valence-electron chi connectivity index (χ4n) is 4.88. The summed E-state index contributed by atoms with van der Waals surface area (Å²) in [5.74, 6) is 0.754. The summed E-state index contributed by atoms with van der Waals surface area (Å²) in [6.45, 7) is 1.37. The molecule has 0 radical (unpaired) electrons. The van der Waals surface area contributed by atoms with Gasteiger partial charge in [-0.3, -0.25) is 4.90 Å². The smallest absolute Gasteiger partial charge is 0.119 e. The van der Waals surface area contributed by atoms with Gasteiger partial charge in [0.1, 0.15) is 12.4 Å². The number of rotatable bonds is 6. The van der Waals surface area contributed by atoms with Gasteiger partial charge in [0, 0.05) is 18.6 Å². The Morgan fingerprint density at radius 2 is 1.71 bits per heavy atom. The van der Waals surface area contributed by atoms with Crippen molar-refractivity contribution >= 4 is 0 Å². The average Bonchev–Trinajstić information content (AvgIpc) is 2.70. The van der Waals surface area contributed by atoms with Crippen molar-refractivity contribution in [2.24, 2.45) is 0 Å². The van der Waals surface area contributed by atoms with Gasteiger partial charge in [0.15, 0.2) is 0 Å². The van der Waals surface area contributed by atoms with Crippen LogP contribution in [0, 0.1) is 11.3 Å². The Labute approximate surface area is 167 Å². The molecule has 0 aliphatic carbocycles. The standard InChI is InChI=1S/C24H28N2O2/c25-14-5-15-28-23-12-10-20(11-13-23)24(27)16-21-8-4-9-22(17-24)26(21)18-19-6-2-1-3-7-19/h1-3,6-7,10-13,21-22,27H,4-5,8-9,15-18H2. The van der Waals surface area contributed by atoms with Crippen LogP contribution in [0.4, 0.5) is 0 Å². The summed E-state index contributed by atoms with van der Waals surface area (Å²) in [5.41, 5.74) is 1.56. The van der Waals surface area contributed by atoms with E-state index in [1.165, 1.54) is 12.0 Å². The number of ether oxygens (including phenoxy) is 1. The third-order valence-corrected chi connectivity index (χ3v) is 6.24. The molecule has 2 aliphatic rings. The van der Waals surface area contributed by atoms with E-state index >= 15 is 0 Å². The molecule has 146 valence electrons. The maximum absolute atomic E-state index is 11.5. The predicted molar refractivity (Wildman–Crippen MR) is 109 cm³/mol. The molecule has 4 rings (SSSR count). The minimum atomic E-state index is -0.770. The van der Waals surface area contributed by atoms with Gasteiger partial charge < -0.3 is 9.84 Å². The summed E-state index contributed by atoms with van der Waals surface area (Å²) in [4.78, 5) is 2.62. The number of fused-ring (bicyclic) bond motifs is 2. The Morgan fingerprint density at radius 1 is 1.04 bits per heavy atom. The van der Waals surface area contributed by atoms with Crippen molar-refractivity contribution in [3.05, 3.63) is 65.7 Å². The van der Waals surface area contributed by atoms with Crippen molar-refractivity contribution in [3.63, 3.8) is 0 Å². The van der Waals surface area contributed by atoms with E-state index in [9.17, 15) is 5.11 Å². The summed E-state index contributed by atoms with van der Waals surface area (Å²) < 4.78 is 5.57. The molecule has 28 heavy (non-hydrogen) atoms. The molecule has 2 aromatic carbocycles. The molecular weight excluding hydrogens is 348 g/mol. The minimum absolute atomic E-state index is 0.381. The van der Waals surface area contributed by atoms with E-state index in [0.29, 0.717) is 25.1 Å². The molecule has 2 aliphatic heterocycles. The summed E-state index contributed by atoms with van der Waals surface area (Å²) in [7, 11) is 0. The molecule has 0 amide bonds. The second kappa shape index (κ2) is 8.34. The van der Waals surface area contributed by atoms with Crippen LogP contribution in [0.25, 0.3) is 0 Å². The Morgan fingerprint density at radius 3 is 2.36 bits per heavy atom. The van der Waals surface area contributed by atoms with Crippen molar-refractivity contribution < 1.29 is 9.84 Å². The molecule has 4 nitrogen and oxygen atoms in total. The molecule has 2 fully saturated rings. The number of piperidine rings is 2. The molecule has 0 spiro atoms. The number of hydrogen-bond donors (Lipinski definition) is 1. The summed E-state index contributed by atoms with van der Waals surface area (Å²) in [6.07, 6.45) is 5.51. The first-order valence-electron chi connectivity index (χ1n) is 10.3. The largest absolute Gasteiger partial charge is 0.493 e. The second-order valence-corrected chi connectivity index (χ2v) is 8.12. The summed E-state index contributed by atoms with van der Waals surface area (Å²) in [5, 5.41) is 20.1. The zero-order chi connectivity index (χ0) is 19.4. The Hall–Kier alpha value is -2.35. The lowest BCUT2D eigenvalue weighted by molar-refractivity contribution is -0.0999. The highest BCUT2D eigenvalue weighted by atomic mass is 16.5. The fraction of sp³-hybridized carbons (Fsp3) is 0.458. The third-order valence-electron chi connectivity index (χ3n) is 6.24. The van der Waals surface area contributed by atoms with Crippen LogP contribution >= 0.6 is 0 Å². The lowest BCUT2D eigenvalue weighted by atomic mass is 9.72. The quantitative estimate of drug-likeness (QED) is 0.760. The van der Waals surface area contributed by atoms with Crippen LogP contribution in [0.3, 0.4) is 0 Å². The molecule has 2 unspecified atom stereocenters. The molecule has 0 aromatic heterocycles. The molecule has 2 atom stereocenters. The van der Waals surface area contributed by atoms with Crippen LogP contribution in [0.15, 0.2) is 54.6 Å². The van der Waals surface area contributed by atoms with Crippen molar-refractivity contribution in [2.75, 3.05) is 6.61 Å². The van der Waals surface area contributed by atoms with Crippen LogP contribution in [-0.2, 0) is 12.1 Å². The maximum Gasteiger partial charge on any atom is 0.119 e. The van der Waals surface area contributed by atoms with Crippen LogP contribution < -0.4 is 4.74 Å². The highest BCUT2D eigenvalue weighted by Crippen LogP contribution is 2.45. The van der Waals surface area contributed by atoms with Crippen molar-refractivity contribution in [1.29, 1.82) is 5.26 Å². The average molecular weight is 376 g/mol. The van der Waals surface area contributed by atoms with Gasteiger partial charge in [-0.1, -0.05) is 48.9 Å². The van der Waals surface area contributed by atoms with E-state index in [4.69, 9.17) is 10.00 Å². The zero-order valence-corrected chi connectivity index (χ0v) is 16.3. The lowest BCUT2D eigenvalue weighted by Gasteiger charge is -2.52. The van der Waals surface area contributed by atoms with Crippen LogP contribution in [0.1, 0.15) is 49.7 Å². The predicted octanol–water partition coefficient (Wildman–Crippen LogP) is 4.38. The SMILES string of the molecule is N#CCCOc1ccc(C2(O)CC3CCCC(C2)N3Cc2ccccc2)cc1. The van der Waals surface area contributed by atoms with Crippen LogP contribution in [0.5, 0.6) is 5.75 Å². The molecular formula is C24H28N2O2. The molecule has 2 bridgehead atoms. The Balaban J connectivity index is 1.47. The van der Waals surface area contributed by atoms with Crippen molar-refractivity contribution in [2.45, 2.75) is 62.8 Å². The van der Waals surface area contributed by atoms with E-state index in [2.05, 4.69) is 41.3 Å². The normalized spacial score (nSPS) is 27.1. The third kappa shape index (κ3) is 4.06. The first kappa shape index (κ1) is 19.0. The number of aliphatic hydroxyl groups is 1. The van der Waals surface area contributed by atoms with Gasteiger partial charge in [-0.25, -0.2) is 0 Å². The molecule has 0 saturated carbocycles. The second-order valence-electron chi connectivity index (χ2n) is 8.12. The van der Waals surface area contributed by atoms with Gasteiger partial charge in [0.25, 0.3) is 0 Å². The van der Waals surface area contributed by atoms with Crippen LogP contribution in [0.2, 0.25) is 0 Å². The lowest BCUT2D eigenvalue weighted by Crippen LogP contribution is -2.56. The highest BCUT2D eigenvalue weighted by Gasteiger charge is 2.46. The Kier molecular flexibility index (Phi) is 5.66. The first-order valence-corrected chi connectivity index (χ1v) is 10.3. The number of benzene rings is 2. The topological polar surface area (TPSA) is 56.5 Å². The summed E-state index contributed by atoms with van der Waals surface area (Å²) >= 11 is 0. The zero-order valence-electron chi connectivity index (χ0n) is 16.3. The molecule has 2 aromatic rings. The fourth-order valence-corrected chi connectivity index (χ4v) is 4.88. The van der Waals surface area contributed by atoms with Gasteiger partial charge in [-0.2, -0.15) is 5.26 Å². The van der Waals surface area contributed by atoms with Gasteiger partial charge in [-0.05, 0) is 48.9 Å². The van der Waals surface area contributed by atoms with Crippen molar-refractivity contribution in [3.8, 4) is 11.8 Å². The molecule has 2 saturated heterocycles. The summed E-state index contributed by atoms with van der Waals surface area (Å²) in [6, 6.07) is 21.4. The van der Waals surface area contributed by atoms with E-state index in [1.807, 2.05) is 24.3 Å². The van der Waals surface area contributed by atoms with Gasteiger partial charge in [0.2, 0.25) is 0 Å². The van der Waals surface area contributed by atoms with E-state index < -0.39 is 5.60 Å². The van der Waals surface area contributed by atoms with E-state index in [0.717, 1.165) is 43.5 Å². The number of nitrogens with zero attached hydrogens (tertiary/aromatic N) is 2.